The highest BCUT2D eigenvalue weighted by atomic mass is 16.2. The van der Waals surface area contributed by atoms with Crippen LogP contribution in [-0.4, -0.2) is 42.1 Å². The molecule has 0 aliphatic heterocycles. The van der Waals surface area contributed by atoms with Gasteiger partial charge in [-0.05, 0) is 31.2 Å². The van der Waals surface area contributed by atoms with E-state index in [1.807, 2.05) is 25.5 Å². The monoisotopic (exact) mass is 291 g/mol. The van der Waals surface area contributed by atoms with Gasteiger partial charge in [-0.25, -0.2) is 10.1 Å². The van der Waals surface area contributed by atoms with Crippen LogP contribution < -0.4 is 11.2 Å². The van der Waals surface area contributed by atoms with Gasteiger partial charge in [0.15, 0.2) is 0 Å². The molecule has 0 fully saturated rings. The van der Waals surface area contributed by atoms with Crippen molar-refractivity contribution in [3.05, 3.63) is 17.0 Å². The standard InChI is InChI=1S/C11H17N9O/c1-4-19-8(3)9(7(2)16-19)5-13-14-10(21)6-20-11(12)15-17-18-20/h5H,4,6H2,1-3H3,(H,14,21)(H2,12,15,18)/b13-5-. The van der Waals surface area contributed by atoms with E-state index in [1.165, 1.54) is 4.68 Å². The van der Waals surface area contributed by atoms with Crippen LogP contribution in [0.1, 0.15) is 23.9 Å². The van der Waals surface area contributed by atoms with Crippen LogP contribution >= 0.6 is 0 Å². The van der Waals surface area contributed by atoms with Crippen molar-refractivity contribution in [2.24, 2.45) is 5.10 Å². The Morgan fingerprint density at radius 2 is 2.19 bits per heavy atom. The summed E-state index contributed by atoms with van der Waals surface area (Å²) in [7, 11) is 0. The number of anilines is 1. The average molecular weight is 291 g/mol. The summed E-state index contributed by atoms with van der Waals surface area (Å²) in [6.07, 6.45) is 1.57. The number of nitrogens with two attached hydrogens (primary N) is 1. The predicted octanol–water partition coefficient (Wildman–Crippen LogP) is -0.761. The maximum absolute atomic E-state index is 11.7. The smallest absolute Gasteiger partial charge is 0.261 e. The predicted molar refractivity (Wildman–Crippen MR) is 75.3 cm³/mol. The van der Waals surface area contributed by atoms with Crippen LogP contribution in [0, 0.1) is 13.8 Å². The van der Waals surface area contributed by atoms with E-state index in [4.69, 9.17) is 5.73 Å². The van der Waals surface area contributed by atoms with Gasteiger partial charge in [0, 0.05) is 17.8 Å². The van der Waals surface area contributed by atoms with E-state index in [9.17, 15) is 4.79 Å². The van der Waals surface area contributed by atoms with Crippen molar-refractivity contribution < 1.29 is 4.79 Å². The number of hydrazone groups is 1. The number of hydrogen-bond acceptors (Lipinski definition) is 7. The first-order chi connectivity index (χ1) is 10.0. The zero-order valence-electron chi connectivity index (χ0n) is 12.1. The molecule has 0 atom stereocenters. The second kappa shape index (κ2) is 6.11. The Morgan fingerprint density at radius 1 is 1.43 bits per heavy atom. The molecule has 10 nitrogen and oxygen atoms in total. The van der Waals surface area contributed by atoms with Crippen molar-refractivity contribution in [2.45, 2.75) is 33.9 Å². The van der Waals surface area contributed by atoms with Gasteiger partial charge in [-0.3, -0.25) is 9.48 Å². The quantitative estimate of drug-likeness (QED) is 0.550. The minimum absolute atomic E-state index is 0.0741. The SMILES string of the molecule is CCn1nc(C)c(/C=N\NC(=O)Cn2nnnc2N)c1C. The topological polar surface area (TPSA) is 129 Å². The third-order valence-corrected chi connectivity index (χ3v) is 2.97. The first kappa shape index (κ1) is 14.6. The van der Waals surface area contributed by atoms with Gasteiger partial charge in [-0.2, -0.15) is 10.2 Å². The second-order valence-electron chi connectivity index (χ2n) is 4.39. The molecule has 2 rings (SSSR count). The number of carbonyl (C=O) groups is 1. The normalized spacial score (nSPS) is 11.2. The van der Waals surface area contributed by atoms with Crippen molar-refractivity contribution in [2.75, 3.05) is 5.73 Å². The number of aryl methyl sites for hydroxylation is 2. The van der Waals surface area contributed by atoms with Crippen LogP contribution in [0.25, 0.3) is 0 Å². The average Bonchev–Trinajstić information content (AvgIpc) is 2.96. The van der Waals surface area contributed by atoms with E-state index in [0.29, 0.717) is 0 Å². The second-order valence-corrected chi connectivity index (χ2v) is 4.39. The van der Waals surface area contributed by atoms with E-state index in [0.717, 1.165) is 23.5 Å². The number of nitrogens with one attached hydrogen (secondary N) is 1. The number of hydrogen-bond donors (Lipinski definition) is 2. The Morgan fingerprint density at radius 3 is 2.76 bits per heavy atom. The molecule has 0 radical (unpaired) electrons. The third-order valence-electron chi connectivity index (χ3n) is 2.97. The van der Waals surface area contributed by atoms with Crippen molar-refractivity contribution >= 4 is 18.1 Å². The lowest BCUT2D eigenvalue weighted by Gasteiger charge is -2.00. The summed E-state index contributed by atoms with van der Waals surface area (Å²) < 4.78 is 3.05. The van der Waals surface area contributed by atoms with Gasteiger partial charge >= 0.3 is 0 Å². The minimum atomic E-state index is -0.372. The van der Waals surface area contributed by atoms with E-state index < -0.39 is 0 Å². The van der Waals surface area contributed by atoms with E-state index in [1.54, 1.807) is 6.21 Å². The van der Waals surface area contributed by atoms with Crippen LogP contribution in [-0.2, 0) is 17.9 Å². The third kappa shape index (κ3) is 3.22. The maximum atomic E-state index is 11.7. The van der Waals surface area contributed by atoms with Crippen molar-refractivity contribution in [1.82, 2.24) is 35.4 Å². The van der Waals surface area contributed by atoms with Crippen LogP contribution in [0.2, 0.25) is 0 Å². The van der Waals surface area contributed by atoms with Gasteiger partial charge in [0.2, 0.25) is 5.95 Å². The van der Waals surface area contributed by atoms with Crippen LogP contribution in [0.5, 0.6) is 0 Å². The minimum Gasteiger partial charge on any atom is -0.367 e. The van der Waals surface area contributed by atoms with Crippen LogP contribution in [0.4, 0.5) is 5.95 Å². The molecule has 0 unspecified atom stereocenters. The fourth-order valence-electron chi connectivity index (χ4n) is 1.87. The van der Waals surface area contributed by atoms with E-state index >= 15 is 0 Å². The lowest BCUT2D eigenvalue weighted by atomic mass is 10.2. The number of carbonyl (C=O) groups excluding carboxylic acids is 1. The van der Waals surface area contributed by atoms with Gasteiger partial charge < -0.3 is 5.73 Å². The number of aromatic nitrogens is 6. The zero-order chi connectivity index (χ0) is 15.4. The molecule has 112 valence electrons. The lowest BCUT2D eigenvalue weighted by Crippen LogP contribution is -2.24. The Hall–Kier alpha value is -2.78. The molecule has 21 heavy (non-hydrogen) atoms. The molecule has 0 saturated carbocycles. The van der Waals surface area contributed by atoms with Gasteiger partial charge in [-0.15, -0.1) is 0 Å². The number of nitrogens with zero attached hydrogens (tertiary/aromatic N) is 7. The molecule has 2 heterocycles. The molecule has 0 aliphatic carbocycles. The summed E-state index contributed by atoms with van der Waals surface area (Å²) in [5, 5.41) is 18.7. The Bertz CT molecular complexity index is 669. The lowest BCUT2D eigenvalue weighted by molar-refractivity contribution is -0.121. The Kier molecular flexibility index (Phi) is 4.26. The first-order valence-electron chi connectivity index (χ1n) is 6.40. The molecule has 1 amide bonds. The maximum Gasteiger partial charge on any atom is 0.261 e. The highest BCUT2D eigenvalue weighted by Crippen LogP contribution is 2.09. The number of amides is 1. The summed E-state index contributed by atoms with van der Waals surface area (Å²) in [4.78, 5) is 11.7. The molecule has 2 aromatic rings. The van der Waals surface area contributed by atoms with Crippen molar-refractivity contribution in [3.8, 4) is 0 Å². The largest absolute Gasteiger partial charge is 0.367 e. The molecule has 0 aliphatic rings. The van der Waals surface area contributed by atoms with Gasteiger partial charge in [0.05, 0.1) is 11.9 Å². The highest BCUT2D eigenvalue weighted by Gasteiger charge is 2.09. The molecule has 0 aromatic carbocycles. The van der Waals surface area contributed by atoms with Gasteiger partial charge in [-0.1, -0.05) is 5.10 Å². The summed E-state index contributed by atoms with van der Waals surface area (Å²) in [5.41, 5.74) is 10.6. The molecule has 0 bridgehead atoms. The summed E-state index contributed by atoms with van der Waals surface area (Å²) in [6, 6.07) is 0. The molecule has 10 heteroatoms. The number of tetrazole rings is 1. The Labute approximate surface area is 121 Å². The molecular weight excluding hydrogens is 274 g/mol. The highest BCUT2D eigenvalue weighted by molar-refractivity contribution is 5.84. The summed E-state index contributed by atoms with van der Waals surface area (Å²) in [5.74, 6) is -0.298. The fourth-order valence-corrected chi connectivity index (χ4v) is 1.87. The summed E-state index contributed by atoms with van der Waals surface area (Å²) in [6.45, 7) is 6.55. The first-order valence-corrected chi connectivity index (χ1v) is 6.40. The van der Waals surface area contributed by atoms with E-state index in [2.05, 4.69) is 31.2 Å². The number of rotatable bonds is 5. The van der Waals surface area contributed by atoms with Crippen LogP contribution in [0.3, 0.4) is 0 Å². The fraction of sp³-hybridized carbons (Fsp3) is 0.455. The van der Waals surface area contributed by atoms with E-state index in [-0.39, 0.29) is 18.4 Å². The molecule has 0 spiro atoms. The molecular formula is C11H17N9O. The van der Waals surface area contributed by atoms with Gasteiger partial charge in [0.1, 0.15) is 6.54 Å². The summed E-state index contributed by atoms with van der Waals surface area (Å²) >= 11 is 0. The van der Waals surface area contributed by atoms with Gasteiger partial charge in [0.25, 0.3) is 5.91 Å². The zero-order valence-corrected chi connectivity index (χ0v) is 12.1. The van der Waals surface area contributed by atoms with Crippen molar-refractivity contribution in [1.29, 1.82) is 0 Å². The molecule has 2 aromatic heterocycles. The van der Waals surface area contributed by atoms with Crippen LogP contribution in [0.15, 0.2) is 5.10 Å². The molecule has 3 N–H and O–H groups in total. The van der Waals surface area contributed by atoms with Crippen molar-refractivity contribution in [3.63, 3.8) is 0 Å². The Balaban J connectivity index is 1.98. The number of nitrogen functional groups attached to an aromatic ring is 1. The molecule has 0 saturated heterocycles.